The van der Waals surface area contributed by atoms with E-state index in [-0.39, 0.29) is 10.8 Å². The van der Waals surface area contributed by atoms with Gasteiger partial charge < -0.3 is 4.74 Å². The molecule has 0 aliphatic carbocycles. The molecule has 0 saturated carbocycles. The smallest absolute Gasteiger partial charge is 0.268 e. The van der Waals surface area contributed by atoms with Crippen LogP contribution in [0.25, 0.3) is 10.9 Å². The lowest BCUT2D eigenvalue weighted by Crippen LogP contribution is -2.34. The Labute approximate surface area is 191 Å². The monoisotopic (exact) mass is 455 g/mol. The minimum Gasteiger partial charge on any atom is -0.479 e. The van der Waals surface area contributed by atoms with Crippen LogP contribution < -0.4 is 4.74 Å². The van der Waals surface area contributed by atoms with Gasteiger partial charge in [0.1, 0.15) is 5.52 Å². The molecule has 0 amide bonds. The molecule has 172 valence electrons. The maximum atomic E-state index is 14.0. The first-order valence-corrected chi connectivity index (χ1v) is 12.8. The zero-order valence-electron chi connectivity index (χ0n) is 19.6. The third-order valence-corrected chi connectivity index (χ3v) is 8.13. The number of rotatable bonds is 6. The summed E-state index contributed by atoms with van der Waals surface area (Å²) < 4.78 is 35.0. The van der Waals surface area contributed by atoms with Crippen molar-refractivity contribution in [2.24, 2.45) is 5.92 Å². The molecule has 1 saturated heterocycles. The van der Waals surface area contributed by atoms with Gasteiger partial charge in [0, 0.05) is 30.4 Å². The Bertz CT molecular complexity index is 1210. The van der Waals surface area contributed by atoms with E-state index in [1.165, 1.54) is 10.4 Å². The predicted octanol–water partition coefficient (Wildman–Crippen LogP) is 4.95. The van der Waals surface area contributed by atoms with Crippen molar-refractivity contribution < 1.29 is 13.2 Å². The summed E-state index contributed by atoms with van der Waals surface area (Å²) in [7, 11) is -2.30. The third kappa shape index (κ3) is 4.16. The van der Waals surface area contributed by atoms with Gasteiger partial charge in [0.15, 0.2) is 0 Å². The Balaban J connectivity index is 1.97. The van der Waals surface area contributed by atoms with E-state index >= 15 is 0 Å². The summed E-state index contributed by atoms with van der Waals surface area (Å²) in [4.78, 5) is 7.11. The van der Waals surface area contributed by atoms with Crippen LogP contribution in [0, 0.1) is 12.8 Å². The number of methoxy groups -OCH3 is 1. The van der Waals surface area contributed by atoms with Gasteiger partial charge in [-0.05, 0) is 61.9 Å². The van der Waals surface area contributed by atoms with E-state index in [1.54, 1.807) is 25.4 Å². The molecule has 1 aromatic carbocycles. The number of benzene rings is 1. The van der Waals surface area contributed by atoms with E-state index < -0.39 is 10.0 Å². The number of aryl methyl sites for hydroxylation is 1. The van der Waals surface area contributed by atoms with Crippen LogP contribution in [0.3, 0.4) is 0 Å². The number of nitrogens with zero attached hydrogens (tertiary/aromatic N) is 3. The molecule has 1 atom stereocenters. The van der Waals surface area contributed by atoms with Gasteiger partial charge in [-0.25, -0.2) is 17.4 Å². The van der Waals surface area contributed by atoms with Gasteiger partial charge in [0.25, 0.3) is 10.0 Å². The van der Waals surface area contributed by atoms with E-state index in [4.69, 9.17) is 4.74 Å². The van der Waals surface area contributed by atoms with E-state index in [2.05, 4.69) is 30.7 Å². The van der Waals surface area contributed by atoms with Crippen LogP contribution in [-0.2, 0) is 16.6 Å². The SMILES string of the molecule is COc1ncc(C(C)C)c2cc(CN3CCC[C@H](C)C3)n(S(=O)(=O)c3ccc(C)cc3)c12. The van der Waals surface area contributed by atoms with Crippen LogP contribution in [-0.4, -0.2) is 42.5 Å². The van der Waals surface area contributed by atoms with Crippen molar-refractivity contribution >= 4 is 20.9 Å². The van der Waals surface area contributed by atoms with Crippen LogP contribution >= 0.6 is 0 Å². The molecule has 6 nitrogen and oxygen atoms in total. The maximum absolute atomic E-state index is 14.0. The van der Waals surface area contributed by atoms with Crippen molar-refractivity contribution in [2.75, 3.05) is 20.2 Å². The number of ether oxygens (including phenoxy) is 1. The van der Waals surface area contributed by atoms with Gasteiger partial charge in [0.05, 0.1) is 12.0 Å². The fraction of sp³-hybridized carbons (Fsp3) is 0.480. The summed E-state index contributed by atoms with van der Waals surface area (Å²) in [6, 6.07) is 9.05. The summed E-state index contributed by atoms with van der Waals surface area (Å²) in [5, 5.41) is 0.891. The van der Waals surface area contributed by atoms with Gasteiger partial charge in [-0.1, -0.05) is 38.5 Å². The highest BCUT2D eigenvalue weighted by Crippen LogP contribution is 2.36. The average Bonchev–Trinajstić information content (AvgIpc) is 3.12. The lowest BCUT2D eigenvalue weighted by Gasteiger charge is -2.31. The van der Waals surface area contributed by atoms with Crippen molar-refractivity contribution in [1.82, 2.24) is 13.9 Å². The second-order valence-corrected chi connectivity index (χ2v) is 11.1. The van der Waals surface area contributed by atoms with Crippen LogP contribution in [0.2, 0.25) is 0 Å². The highest BCUT2D eigenvalue weighted by molar-refractivity contribution is 7.90. The van der Waals surface area contributed by atoms with Crippen molar-refractivity contribution in [1.29, 1.82) is 0 Å². The number of fused-ring (bicyclic) bond motifs is 1. The maximum Gasteiger partial charge on any atom is 0.268 e. The van der Waals surface area contributed by atoms with Gasteiger partial charge in [0.2, 0.25) is 5.88 Å². The minimum absolute atomic E-state index is 0.205. The fourth-order valence-corrected chi connectivity index (χ4v) is 6.22. The summed E-state index contributed by atoms with van der Waals surface area (Å²) in [5.74, 6) is 1.15. The van der Waals surface area contributed by atoms with Crippen molar-refractivity contribution in [2.45, 2.75) is 57.9 Å². The van der Waals surface area contributed by atoms with Gasteiger partial charge in [-0.15, -0.1) is 0 Å². The largest absolute Gasteiger partial charge is 0.479 e. The zero-order chi connectivity index (χ0) is 23.0. The summed E-state index contributed by atoms with van der Waals surface area (Å²) in [5.41, 5.74) is 3.32. The van der Waals surface area contributed by atoms with Crippen LogP contribution in [0.15, 0.2) is 41.4 Å². The molecule has 0 radical (unpaired) electrons. The predicted molar refractivity (Wildman–Crippen MR) is 128 cm³/mol. The second-order valence-electron chi connectivity index (χ2n) is 9.34. The highest BCUT2D eigenvalue weighted by Gasteiger charge is 2.29. The normalized spacial score (nSPS) is 17.9. The molecule has 0 unspecified atom stereocenters. The number of piperidine rings is 1. The number of likely N-dealkylation sites (tertiary alicyclic amines) is 1. The first kappa shape index (κ1) is 22.8. The Morgan fingerprint density at radius 1 is 1.22 bits per heavy atom. The van der Waals surface area contributed by atoms with Crippen LogP contribution in [0.1, 0.15) is 56.4 Å². The molecule has 3 heterocycles. The van der Waals surface area contributed by atoms with Crippen LogP contribution in [0.4, 0.5) is 0 Å². The lowest BCUT2D eigenvalue weighted by molar-refractivity contribution is 0.174. The Morgan fingerprint density at radius 2 is 1.94 bits per heavy atom. The number of hydrogen-bond acceptors (Lipinski definition) is 5. The molecule has 3 aromatic rings. The molecular weight excluding hydrogens is 422 g/mol. The molecule has 7 heteroatoms. The molecule has 1 fully saturated rings. The highest BCUT2D eigenvalue weighted by atomic mass is 32.2. The van der Waals surface area contributed by atoms with Crippen molar-refractivity contribution in [3.8, 4) is 5.88 Å². The van der Waals surface area contributed by atoms with E-state index in [0.29, 0.717) is 23.9 Å². The van der Waals surface area contributed by atoms with Gasteiger partial charge >= 0.3 is 0 Å². The number of aromatic nitrogens is 2. The molecule has 1 aliphatic heterocycles. The van der Waals surface area contributed by atoms with Crippen molar-refractivity contribution in [3.63, 3.8) is 0 Å². The molecule has 1 aliphatic rings. The fourth-order valence-electron chi connectivity index (χ4n) is 4.70. The molecule has 0 spiro atoms. The summed E-state index contributed by atoms with van der Waals surface area (Å²) in [6.45, 7) is 10.9. The Kier molecular flexibility index (Phi) is 6.32. The molecule has 4 rings (SSSR count). The van der Waals surface area contributed by atoms with E-state index in [1.807, 2.05) is 25.1 Å². The minimum atomic E-state index is -3.84. The molecular formula is C25H33N3O3S. The van der Waals surface area contributed by atoms with Crippen LogP contribution in [0.5, 0.6) is 5.88 Å². The average molecular weight is 456 g/mol. The zero-order valence-corrected chi connectivity index (χ0v) is 20.4. The summed E-state index contributed by atoms with van der Waals surface area (Å²) in [6.07, 6.45) is 4.16. The topological polar surface area (TPSA) is 64.4 Å². The molecule has 0 bridgehead atoms. The quantitative estimate of drug-likeness (QED) is 0.526. The first-order chi connectivity index (χ1) is 15.2. The molecule has 2 aromatic heterocycles. The Morgan fingerprint density at radius 3 is 2.56 bits per heavy atom. The van der Waals surface area contributed by atoms with E-state index in [0.717, 1.165) is 41.7 Å². The number of hydrogen-bond donors (Lipinski definition) is 0. The van der Waals surface area contributed by atoms with Gasteiger partial charge in [-0.3, -0.25) is 4.90 Å². The first-order valence-electron chi connectivity index (χ1n) is 11.3. The second kappa shape index (κ2) is 8.87. The number of pyridine rings is 1. The third-order valence-electron chi connectivity index (χ3n) is 6.37. The standard InChI is InChI=1S/C25H33N3O3S/c1-17(2)23-14-26-25(31-5)24-22(23)13-20(16-27-12-6-7-19(4)15-27)28(24)32(29,30)21-10-8-18(3)9-11-21/h8-11,13-14,17,19H,6-7,12,15-16H2,1-5H3/t19-/m0/s1. The van der Waals surface area contributed by atoms with Gasteiger partial charge in [-0.2, -0.15) is 0 Å². The lowest BCUT2D eigenvalue weighted by atomic mass is 10.00. The molecule has 0 N–H and O–H groups in total. The summed E-state index contributed by atoms with van der Waals surface area (Å²) >= 11 is 0. The molecule has 32 heavy (non-hydrogen) atoms. The van der Waals surface area contributed by atoms with Crippen molar-refractivity contribution in [3.05, 3.63) is 53.3 Å². The Hall–Kier alpha value is -2.38. The van der Waals surface area contributed by atoms with E-state index in [9.17, 15) is 8.42 Å².